The van der Waals surface area contributed by atoms with E-state index in [9.17, 15) is 14.7 Å². The molecule has 1 aliphatic heterocycles. The number of carboxylic acids is 1. The summed E-state index contributed by atoms with van der Waals surface area (Å²) in [6.45, 7) is 3.62. The van der Waals surface area contributed by atoms with Crippen LogP contribution >= 0.6 is 11.8 Å². The molecule has 0 saturated carbocycles. The minimum atomic E-state index is -1.04. The maximum absolute atomic E-state index is 12.0. The molecule has 1 fully saturated rings. The third-order valence-corrected chi connectivity index (χ3v) is 4.38. The number of amides is 2. The number of aromatic carboxylic acids is 1. The van der Waals surface area contributed by atoms with Crippen molar-refractivity contribution in [2.75, 3.05) is 16.8 Å². The van der Waals surface area contributed by atoms with Gasteiger partial charge in [-0.05, 0) is 43.2 Å². The van der Waals surface area contributed by atoms with Crippen molar-refractivity contribution in [1.29, 1.82) is 0 Å². The van der Waals surface area contributed by atoms with Crippen LogP contribution in [0.5, 0.6) is 0 Å². The summed E-state index contributed by atoms with van der Waals surface area (Å²) in [5.41, 5.74) is 2.10. The van der Waals surface area contributed by atoms with Crippen molar-refractivity contribution in [2.45, 2.75) is 26.3 Å². The number of anilines is 1. The highest BCUT2D eigenvalue weighted by molar-refractivity contribution is 7.99. The molecule has 1 aromatic carbocycles. The molecule has 0 bridgehead atoms. The quantitative estimate of drug-likeness (QED) is 0.800. The molecular weight excluding hydrogens is 276 g/mol. The highest BCUT2D eigenvalue weighted by atomic mass is 32.2. The Hall–Kier alpha value is -1.69. The summed E-state index contributed by atoms with van der Waals surface area (Å²) in [6.07, 6.45) is 0.955. The number of aryl methyl sites for hydroxylation is 2. The van der Waals surface area contributed by atoms with Gasteiger partial charge in [-0.25, -0.2) is 9.59 Å². The number of carbonyl (C=O) groups excluding carboxylic acids is 1. The van der Waals surface area contributed by atoms with Crippen molar-refractivity contribution >= 4 is 29.4 Å². The topological polar surface area (TPSA) is 78.4 Å². The van der Waals surface area contributed by atoms with Crippen LogP contribution in [-0.4, -0.2) is 34.7 Å². The number of rotatable bonds is 3. The summed E-state index contributed by atoms with van der Waals surface area (Å²) in [5, 5.41) is 14.8. The molecule has 0 aliphatic carbocycles. The van der Waals surface area contributed by atoms with E-state index in [0.29, 0.717) is 5.69 Å². The van der Waals surface area contributed by atoms with Crippen molar-refractivity contribution in [2.24, 2.45) is 0 Å². The lowest BCUT2D eigenvalue weighted by molar-refractivity contribution is 0.0698. The molecule has 0 radical (unpaired) electrons. The van der Waals surface area contributed by atoms with E-state index in [4.69, 9.17) is 0 Å². The Balaban J connectivity index is 2.15. The molecule has 0 aromatic heterocycles. The van der Waals surface area contributed by atoms with Gasteiger partial charge >= 0.3 is 12.0 Å². The first-order chi connectivity index (χ1) is 9.47. The van der Waals surface area contributed by atoms with Crippen molar-refractivity contribution in [3.8, 4) is 0 Å². The molecule has 1 aromatic rings. The van der Waals surface area contributed by atoms with Crippen molar-refractivity contribution in [1.82, 2.24) is 5.32 Å². The number of urea groups is 1. The first-order valence-electron chi connectivity index (χ1n) is 6.47. The fourth-order valence-corrected chi connectivity index (χ4v) is 3.44. The average molecular weight is 294 g/mol. The van der Waals surface area contributed by atoms with E-state index < -0.39 is 5.97 Å². The second kappa shape index (κ2) is 6.17. The van der Waals surface area contributed by atoms with Gasteiger partial charge in [-0.2, -0.15) is 11.8 Å². The zero-order valence-corrected chi connectivity index (χ0v) is 12.3. The highest BCUT2D eigenvalue weighted by Gasteiger charge is 2.20. The van der Waals surface area contributed by atoms with Gasteiger partial charge in [0.15, 0.2) is 0 Å². The maximum Gasteiger partial charge on any atom is 0.337 e. The molecule has 5 nitrogen and oxygen atoms in total. The number of carbonyl (C=O) groups is 2. The average Bonchev–Trinajstić information content (AvgIpc) is 2.84. The summed E-state index contributed by atoms with van der Waals surface area (Å²) < 4.78 is 0. The number of carboxylic acid groups (broad SMARTS) is 1. The van der Waals surface area contributed by atoms with Gasteiger partial charge in [0.1, 0.15) is 0 Å². The third kappa shape index (κ3) is 3.45. The van der Waals surface area contributed by atoms with Gasteiger partial charge in [0.05, 0.1) is 11.3 Å². The van der Waals surface area contributed by atoms with Crippen molar-refractivity contribution in [3.05, 3.63) is 28.8 Å². The zero-order chi connectivity index (χ0) is 14.7. The highest BCUT2D eigenvalue weighted by Crippen LogP contribution is 2.23. The lowest BCUT2D eigenvalue weighted by atomic mass is 10.0. The lowest BCUT2D eigenvalue weighted by Gasteiger charge is -2.16. The van der Waals surface area contributed by atoms with Crippen molar-refractivity contribution < 1.29 is 14.7 Å². The van der Waals surface area contributed by atoms with Gasteiger partial charge in [0.2, 0.25) is 0 Å². The number of hydrogen-bond donors (Lipinski definition) is 3. The Morgan fingerprint density at radius 1 is 1.35 bits per heavy atom. The molecule has 1 atom stereocenters. The van der Waals surface area contributed by atoms with Crippen LogP contribution < -0.4 is 10.6 Å². The Morgan fingerprint density at radius 2 is 2.10 bits per heavy atom. The van der Waals surface area contributed by atoms with Crippen molar-refractivity contribution in [3.63, 3.8) is 0 Å². The number of nitrogens with one attached hydrogen (secondary N) is 2. The molecule has 1 unspecified atom stereocenters. The summed E-state index contributed by atoms with van der Waals surface area (Å²) in [5.74, 6) is 0.921. The molecular formula is C14H18N2O3S. The van der Waals surface area contributed by atoms with E-state index in [1.165, 1.54) is 0 Å². The Morgan fingerprint density at radius 3 is 2.70 bits per heavy atom. The molecule has 3 N–H and O–H groups in total. The van der Waals surface area contributed by atoms with E-state index in [1.807, 2.05) is 24.8 Å². The molecule has 2 rings (SSSR count). The standard InChI is InChI=1S/C14H18N2O3S/c1-8-5-9(2)12(11(6-8)13(17)18)16-14(19)15-10-3-4-20-7-10/h5-6,10H,3-4,7H2,1-2H3,(H,17,18)(H2,15,16,19). The van der Waals surface area contributed by atoms with Crippen LogP contribution in [0.15, 0.2) is 12.1 Å². The summed E-state index contributed by atoms with van der Waals surface area (Å²) in [6, 6.07) is 3.25. The molecule has 1 aliphatic rings. The number of hydrogen-bond acceptors (Lipinski definition) is 3. The van der Waals surface area contributed by atoms with Crippen LogP contribution in [0.3, 0.4) is 0 Å². The van der Waals surface area contributed by atoms with Gasteiger partial charge in [0, 0.05) is 11.8 Å². The fourth-order valence-electron chi connectivity index (χ4n) is 2.29. The summed E-state index contributed by atoms with van der Waals surface area (Å²) in [4.78, 5) is 23.2. The molecule has 1 heterocycles. The van der Waals surface area contributed by atoms with Gasteiger partial charge in [0.25, 0.3) is 0 Å². The fraction of sp³-hybridized carbons (Fsp3) is 0.429. The number of benzene rings is 1. The van der Waals surface area contributed by atoms with Crippen LogP contribution in [0.4, 0.5) is 10.5 Å². The monoisotopic (exact) mass is 294 g/mol. The molecule has 6 heteroatoms. The van der Waals surface area contributed by atoms with Gasteiger partial charge in [-0.15, -0.1) is 0 Å². The third-order valence-electron chi connectivity index (χ3n) is 3.21. The normalized spacial score (nSPS) is 17.8. The van der Waals surface area contributed by atoms with Crippen LogP contribution in [0, 0.1) is 13.8 Å². The first kappa shape index (κ1) is 14.7. The van der Waals surface area contributed by atoms with E-state index in [2.05, 4.69) is 10.6 Å². The van der Waals surface area contributed by atoms with Crippen LogP contribution in [0.2, 0.25) is 0 Å². The van der Waals surface area contributed by atoms with Crippen LogP contribution in [0.1, 0.15) is 27.9 Å². The second-order valence-corrected chi connectivity index (χ2v) is 6.12. The first-order valence-corrected chi connectivity index (χ1v) is 7.62. The van der Waals surface area contributed by atoms with Gasteiger partial charge in [-0.1, -0.05) is 6.07 Å². The van der Waals surface area contributed by atoms with E-state index >= 15 is 0 Å². The maximum atomic E-state index is 12.0. The molecule has 2 amide bonds. The predicted molar refractivity (Wildman–Crippen MR) is 80.8 cm³/mol. The Labute approximate surface area is 122 Å². The Kier molecular flexibility index (Phi) is 4.54. The number of thioether (sulfide) groups is 1. The lowest BCUT2D eigenvalue weighted by Crippen LogP contribution is -2.38. The van der Waals surface area contributed by atoms with Crippen LogP contribution in [0.25, 0.3) is 0 Å². The molecule has 20 heavy (non-hydrogen) atoms. The van der Waals surface area contributed by atoms with Gasteiger partial charge in [-0.3, -0.25) is 0 Å². The molecule has 108 valence electrons. The zero-order valence-electron chi connectivity index (χ0n) is 11.5. The smallest absolute Gasteiger partial charge is 0.337 e. The van der Waals surface area contributed by atoms with Crippen LogP contribution in [-0.2, 0) is 0 Å². The van der Waals surface area contributed by atoms with E-state index in [1.54, 1.807) is 13.0 Å². The SMILES string of the molecule is Cc1cc(C)c(NC(=O)NC2CCSC2)c(C(=O)O)c1. The summed E-state index contributed by atoms with van der Waals surface area (Å²) >= 11 is 1.81. The predicted octanol–water partition coefficient (Wildman–Crippen LogP) is 2.63. The Bertz CT molecular complexity index is 539. The second-order valence-electron chi connectivity index (χ2n) is 4.97. The summed E-state index contributed by atoms with van der Waals surface area (Å²) in [7, 11) is 0. The van der Waals surface area contributed by atoms with E-state index in [0.717, 1.165) is 29.1 Å². The van der Waals surface area contributed by atoms with E-state index in [-0.39, 0.29) is 17.6 Å². The molecule has 1 saturated heterocycles. The molecule has 0 spiro atoms. The van der Waals surface area contributed by atoms with Gasteiger partial charge < -0.3 is 15.7 Å². The largest absolute Gasteiger partial charge is 0.478 e. The minimum absolute atomic E-state index is 0.124. The minimum Gasteiger partial charge on any atom is -0.478 e.